The highest BCUT2D eigenvalue weighted by Crippen LogP contribution is 2.37. The van der Waals surface area contributed by atoms with E-state index < -0.39 is 8.32 Å². The summed E-state index contributed by atoms with van der Waals surface area (Å²) in [5.41, 5.74) is 1.73. The van der Waals surface area contributed by atoms with E-state index in [1.807, 2.05) is 32.2 Å². The average molecular weight is 400 g/mol. The van der Waals surface area contributed by atoms with Crippen LogP contribution in [0.15, 0.2) is 22.7 Å². The molecule has 0 spiro atoms. The fourth-order valence-corrected chi connectivity index (χ4v) is 4.17. The molecular weight excluding hydrogens is 370 g/mol. The number of carbonyl (C=O) groups excluding carboxylic acids is 1. The van der Waals surface area contributed by atoms with E-state index in [4.69, 9.17) is 4.43 Å². The van der Waals surface area contributed by atoms with E-state index in [1.165, 1.54) is 0 Å². The Bertz CT molecular complexity index is 567. The van der Waals surface area contributed by atoms with Crippen LogP contribution >= 0.6 is 15.9 Å². The monoisotopic (exact) mass is 399 g/mol. The van der Waals surface area contributed by atoms with Gasteiger partial charge in [0.15, 0.2) is 8.32 Å². The van der Waals surface area contributed by atoms with Crippen LogP contribution in [0.25, 0.3) is 0 Å². The van der Waals surface area contributed by atoms with Crippen molar-refractivity contribution in [3.8, 4) is 0 Å². The number of halogens is 1. The van der Waals surface area contributed by atoms with Gasteiger partial charge in [0.2, 0.25) is 0 Å². The van der Waals surface area contributed by atoms with Gasteiger partial charge in [0.05, 0.1) is 6.10 Å². The minimum absolute atomic E-state index is 0.0283. The van der Waals surface area contributed by atoms with Gasteiger partial charge in [-0.05, 0) is 55.7 Å². The summed E-state index contributed by atoms with van der Waals surface area (Å²) < 4.78 is 7.34. The van der Waals surface area contributed by atoms with Crippen LogP contribution in [0.1, 0.15) is 43.6 Å². The van der Waals surface area contributed by atoms with Crippen molar-refractivity contribution in [3.05, 3.63) is 33.8 Å². The van der Waals surface area contributed by atoms with Gasteiger partial charge in [-0.1, -0.05) is 36.7 Å². The van der Waals surface area contributed by atoms with Gasteiger partial charge in [-0.3, -0.25) is 4.79 Å². The molecule has 1 atom stereocenters. The number of amides is 1. The highest BCUT2D eigenvalue weighted by Gasteiger charge is 2.38. The minimum Gasteiger partial charge on any atom is -0.412 e. The highest BCUT2D eigenvalue weighted by molar-refractivity contribution is 9.10. The van der Waals surface area contributed by atoms with Crippen LogP contribution in [0.2, 0.25) is 18.1 Å². The van der Waals surface area contributed by atoms with Gasteiger partial charge < -0.3 is 9.33 Å². The molecule has 0 saturated heterocycles. The van der Waals surface area contributed by atoms with Crippen molar-refractivity contribution >= 4 is 30.2 Å². The molecule has 1 amide bonds. The molecule has 1 aromatic rings. The standard InChI is InChI=1S/C18H30BrNO2Si/c1-13-11-15(19)9-10-16(13)17(21)20(6)12-14(2)22-23(7,8)18(3,4)5/h9-11,14H,12H2,1-8H3/t14-/m0/s1. The number of aryl methyl sites for hydroxylation is 1. The number of rotatable bonds is 5. The zero-order valence-corrected chi connectivity index (χ0v) is 18.2. The summed E-state index contributed by atoms with van der Waals surface area (Å²) in [5.74, 6) is 0.0423. The lowest BCUT2D eigenvalue weighted by molar-refractivity contribution is 0.0714. The molecule has 0 fully saturated rings. The molecule has 3 nitrogen and oxygen atoms in total. The first-order chi connectivity index (χ1) is 10.3. The first-order valence-corrected chi connectivity index (χ1v) is 11.7. The average Bonchev–Trinajstić information content (AvgIpc) is 2.35. The fourth-order valence-electron chi connectivity index (χ4n) is 2.26. The molecule has 0 aliphatic heterocycles. The Kier molecular flexibility index (Phi) is 6.64. The second kappa shape index (κ2) is 7.49. The molecule has 0 saturated carbocycles. The molecule has 130 valence electrons. The van der Waals surface area contributed by atoms with E-state index in [2.05, 4.69) is 56.7 Å². The molecule has 0 bridgehead atoms. The third-order valence-electron chi connectivity index (χ3n) is 4.60. The normalized spacial score (nSPS) is 13.8. The number of nitrogens with zero attached hydrogens (tertiary/aromatic N) is 1. The predicted molar refractivity (Wildman–Crippen MR) is 104 cm³/mol. The summed E-state index contributed by atoms with van der Waals surface area (Å²) in [6, 6.07) is 5.75. The van der Waals surface area contributed by atoms with Crippen LogP contribution in [-0.4, -0.2) is 38.8 Å². The molecular formula is C18H30BrNO2Si. The summed E-state index contributed by atoms with van der Waals surface area (Å²) >= 11 is 3.43. The quantitative estimate of drug-likeness (QED) is 0.633. The maximum Gasteiger partial charge on any atom is 0.253 e. The van der Waals surface area contributed by atoms with E-state index in [9.17, 15) is 4.79 Å². The molecule has 5 heteroatoms. The first kappa shape index (κ1) is 20.4. The zero-order valence-electron chi connectivity index (χ0n) is 15.7. The van der Waals surface area contributed by atoms with Crippen LogP contribution < -0.4 is 0 Å². The Morgan fingerprint density at radius 1 is 1.35 bits per heavy atom. The Balaban J connectivity index is 2.75. The maximum atomic E-state index is 12.6. The minimum atomic E-state index is -1.81. The molecule has 0 aliphatic rings. The van der Waals surface area contributed by atoms with Crippen LogP contribution in [0.5, 0.6) is 0 Å². The van der Waals surface area contributed by atoms with Gasteiger partial charge in [0.25, 0.3) is 5.91 Å². The molecule has 23 heavy (non-hydrogen) atoms. The number of hydrogen-bond donors (Lipinski definition) is 0. The second-order valence-corrected chi connectivity index (χ2v) is 13.5. The van der Waals surface area contributed by atoms with Crippen LogP contribution in [0.3, 0.4) is 0 Å². The Hall–Kier alpha value is -0.653. The smallest absolute Gasteiger partial charge is 0.253 e. The van der Waals surface area contributed by atoms with Crippen molar-refractivity contribution in [3.63, 3.8) is 0 Å². The van der Waals surface area contributed by atoms with Crippen molar-refractivity contribution in [2.75, 3.05) is 13.6 Å². The van der Waals surface area contributed by atoms with Crippen LogP contribution in [-0.2, 0) is 4.43 Å². The Morgan fingerprint density at radius 3 is 2.39 bits per heavy atom. The van der Waals surface area contributed by atoms with E-state index in [0.717, 1.165) is 15.6 Å². The zero-order chi connectivity index (χ0) is 18.0. The van der Waals surface area contributed by atoms with Gasteiger partial charge in [-0.15, -0.1) is 0 Å². The highest BCUT2D eigenvalue weighted by atomic mass is 79.9. The lowest BCUT2D eigenvalue weighted by Crippen LogP contribution is -2.46. The summed E-state index contributed by atoms with van der Waals surface area (Å²) in [5, 5.41) is 0.173. The summed E-state index contributed by atoms with van der Waals surface area (Å²) in [6.07, 6.45) is 0.0283. The van der Waals surface area contributed by atoms with E-state index in [1.54, 1.807) is 4.90 Å². The van der Waals surface area contributed by atoms with Crippen molar-refractivity contribution in [2.24, 2.45) is 0 Å². The van der Waals surface area contributed by atoms with Crippen molar-refractivity contribution in [1.82, 2.24) is 4.90 Å². The lowest BCUT2D eigenvalue weighted by Gasteiger charge is -2.39. The van der Waals surface area contributed by atoms with Gasteiger partial charge in [0.1, 0.15) is 0 Å². The van der Waals surface area contributed by atoms with Crippen molar-refractivity contribution < 1.29 is 9.22 Å². The second-order valence-electron chi connectivity index (χ2n) is 7.83. The third kappa shape index (κ3) is 5.43. The molecule has 0 radical (unpaired) electrons. The Morgan fingerprint density at radius 2 is 1.91 bits per heavy atom. The molecule has 1 aromatic carbocycles. The molecule has 0 N–H and O–H groups in total. The first-order valence-electron chi connectivity index (χ1n) is 8.04. The van der Waals surface area contributed by atoms with E-state index in [-0.39, 0.29) is 17.0 Å². The molecule has 0 unspecified atom stereocenters. The summed E-state index contributed by atoms with van der Waals surface area (Å²) in [7, 11) is 0.0312. The molecule has 1 rings (SSSR count). The van der Waals surface area contributed by atoms with E-state index in [0.29, 0.717) is 6.54 Å². The van der Waals surface area contributed by atoms with Gasteiger partial charge >= 0.3 is 0 Å². The Labute approximate surface area is 150 Å². The SMILES string of the molecule is Cc1cc(Br)ccc1C(=O)N(C)C[C@H](C)O[Si](C)(C)C(C)(C)C. The molecule has 0 aliphatic carbocycles. The van der Waals surface area contributed by atoms with Gasteiger partial charge in [-0.2, -0.15) is 0 Å². The van der Waals surface area contributed by atoms with Crippen molar-refractivity contribution in [1.29, 1.82) is 0 Å². The fraction of sp³-hybridized carbons (Fsp3) is 0.611. The summed E-state index contributed by atoms with van der Waals surface area (Å²) in [6.45, 7) is 15.8. The van der Waals surface area contributed by atoms with Crippen molar-refractivity contribution in [2.45, 2.75) is 58.9 Å². The van der Waals surface area contributed by atoms with Gasteiger partial charge in [-0.25, -0.2) is 0 Å². The number of benzene rings is 1. The molecule has 0 aromatic heterocycles. The third-order valence-corrected chi connectivity index (χ3v) is 9.70. The largest absolute Gasteiger partial charge is 0.412 e. The number of carbonyl (C=O) groups is 1. The predicted octanol–water partition coefficient (Wildman–Crippen LogP) is 5.24. The topological polar surface area (TPSA) is 29.5 Å². The van der Waals surface area contributed by atoms with E-state index >= 15 is 0 Å². The number of likely N-dealkylation sites (N-methyl/N-ethyl adjacent to an activating group) is 1. The number of hydrogen-bond acceptors (Lipinski definition) is 2. The van der Waals surface area contributed by atoms with Crippen LogP contribution in [0, 0.1) is 6.92 Å². The summed E-state index contributed by atoms with van der Waals surface area (Å²) in [4.78, 5) is 14.4. The lowest BCUT2D eigenvalue weighted by atomic mass is 10.1. The van der Waals surface area contributed by atoms with Gasteiger partial charge in [0, 0.05) is 23.6 Å². The molecule has 0 heterocycles. The maximum absolute atomic E-state index is 12.6. The van der Waals surface area contributed by atoms with Crippen LogP contribution in [0.4, 0.5) is 0 Å².